The molecule has 2 aromatic carbocycles. The summed E-state index contributed by atoms with van der Waals surface area (Å²) in [5, 5.41) is 2.66. The number of nitrogens with two attached hydrogens (primary N) is 1. The van der Waals surface area contributed by atoms with Crippen molar-refractivity contribution in [2.75, 3.05) is 16.8 Å². The van der Waals surface area contributed by atoms with Crippen LogP contribution in [0.15, 0.2) is 47.4 Å². The van der Waals surface area contributed by atoms with Crippen molar-refractivity contribution in [2.24, 2.45) is 0 Å². The number of rotatable bonds is 4. The maximum absolute atomic E-state index is 13.4. The van der Waals surface area contributed by atoms with Crippen LogP contribution in [0.5, 0.6) is 0 Å². The summed E-state index contributed by atoms with van der Waals surface area (Å²) in [6.45, 7) is 0. The first-order chi connectivity index (χ1) is 9.54. The predicted molar refractivity (Wildman–Crippen MR) is 76.6 cm³/mol. The number of amides is 1. The summed E-state index contributed by atoms with van der Waals surface area (Å²) >= 11 is 1.01. The number of hydrogen-bond acceptors (Lipinski definition) is 3. The van der Waals surface area contributed by atoms with Gasteiger partial charge in [0.1, 0.15) is 11.6 Å². The first-order valence-electron chi connectivity index (χ1n) is 5.78. The third kappa shape index (κ3) is 3.96. The quantitative estimate of drug-likeness (QED) is 0.672. The molecular formula is C14H12F2N2OS. The minimum absolute atomic E-state index is 0.0347. The van der Waals surface area contributed by atoms with E-state index in [1.165, 1.54) is 6.07 Å². The van der Waals surface area contributed by atoms with E-state index in [1.54, 1.807) is 24.3 Å². The summed E-state index contributed by atoms with van der Waals surface area (Å²) in [6.07, 6.45) is 0. The minimum atomic E-state index is -0.671. The molecule has 0 atom stereocenters. The summed E-state index contributed by atoms with van der Waals surface area (Å²) in [4.78, 5) is 11.9. The van der Waals surface area contributed by atoms with Crippen LogP contribution in [-0.2, 0) is 4.79 Å². The number of thioether (sulfide) groups is 1. The highest BCUT2D eigenvalue weighted by Crippen LogP contribution is 2.22. The molecule has 20 heavy (non-hydrogen) atoms. The zero-order valence-corrected chi connectivity index (χ0v) is 11.2. The SMILES string of the molecule is Nc1ccc(NC(=O)CSc2ccc(F)cc2F)cc1. The van der Waals surface area contributed by atoms with Gasteiger partial charge in [-0.25, -0.2) is 8.78 Å². The molecule has 0 spiro atoms. The molecule has 0 saturated carbocycles. The van der Waals surface area contributed by atoms with Crippen LogP contribution in [0.25, 0.3) is 0 Å². The van der Waals surface area contributed by atoms with Gasteiger partial charge in [-0.2, -0.15) is 0 Å². The molecule has 0 saturated heterocycles. The fourth-order valence-electron chi connectivity index (χ4n) is 1.50. The smallest absolute Gasteiger partial charge is 0.234 e. The summed E-state index contributed by atoms with van der Waals surface area (Å²) in [5.41, 5.74) is 6.75. The molecule has 2 rings (SSSR count). The van der Waals surface area contributed by atoms with Gasteiger partial charge < -0.3 is 11.1 Å². The van der Waals surface area contributed by atoms with Gasteiger partial charge in [0.05, 0.1) is 5.75 Å². The topological polar surface area (TPSA) is 55.1 Å². The molecule has 0 bridgehead atoms. The van der Waals surface area contributed by atoms with E-state index < -0.39 is 11.6 Å². The third-order valence-electron chi connectivity index (χ3n) is 2.45. The highest BCUT2D eigenvalue weighted by atomic mass is 32.2. The Bertz CT molecular complexity index is 617. The molecule has 0 heterocycles. The van der Waals surface area contributed by atoms with Gasteiger partial charge in [0.2, 0.25) is 5.91 Å². The Morgan fingerprint density at radius 3 is 2.50 bits per heavy atom. The van der Waals surface area contributed by atoms with Crippen molar-refractivity contribution in [1.29, 1.82) is 0 Å². The van der Waals surface area contributed by atoms with Crippen molar-refractivity contribution in [3.63, 3.8) is 0 Å². The van der Waals surface area contributed by atoms with Gasteiger partial charge in [-0.15, -0.1) is 11.8 Å². The van der Waals surface area contributed by atoms with Gasteiger partial charge in [-0.05, 0) is 36.4 Å². The molecule has 0 aliphatic heterocycles. The second-order valence-corrected chi connectivity index (χ2v) is 5.05. The van der Waals surface area contributed by atoms with E-state index in [0.29, 0.717) is 11.4 Å². The van der Waals surface area contributed by atoms with E-state index in [0.717, 1.165) is 23.9 Å². The maximum atomic E-state index is 13.4. The van der Waals surface area contributed by atoms with Gasteiger partial charge in [0.25, 0.3) is 0 Å². The van der Waals surface area contributed by atoms with E-state index in [2.05, 4.69) is 5.32 Å². The van der Waals surface area contributed by atoms with Gasteiger partial charge >= 0.3 is 0 Å². The molecular weight excluding hydrogens is 282 g/mol. The third-order valence-corrected chi connectivity index (χ3v) is 3.50. The van der Waals surface area contributed by atoms with E-state index in [-0.39, 0.29) is 16.6 Å². The number of nitrogen functional groups attached to an aromatic ring is 1. The molecule has 3 nitrogen and oxygen atoms in total. The first-order valence-corrected chi connectivity index (χ1v) is 6.76. The zero-order valence-electron chi connectivity index (χ0n) is 10.4. The van der Waals surface area contributed by atoms with E-state index in [1.807, 2.05) is 0 Å². The molecule has 0 unspecified atom stereocenters. The molecule has 104 valence electrons. The Labute approximate surface area is 119 Å². The Hall–Kier alpha value is -2.08. The van der Waals surface area contributed by atoms with E-state index >= 15 is 0 Å². The van der Waals surface area contributed by atoms with Crippen molar-refractivity contribution in [1.82, 2.24) is 0 Å². The number of carbonyl (C=O) groups is 1. The van der Waals surface area contributed by atoms with Crippen molar-refractivity contribution in [2.45, 2.75) is 4.90 Å². The molecule has 0 radical (unpaired) electrons. The van der Waals surface area contributed by atoms with Crippen LogP contribution < -0.4 is 11.1 Å². The number of carbonyl (C=O) groups excluding carboxylic acids is 1. The lowest BCUT2D eigenvalue weighted by molar-refractivity contribution is -0.113. The van der Waals surface area contributed by atoms with Crippen LogP contribution in [0.3, 0.4) is 0 Å². The lowest BCUT2D eigenvalue weighted by atomic mass is 10.3. The summed E-state index contributed by atoms with van der Waals surface area (Å²) in [7, 11) is 0. The average molecular weight is 294 g/mol. The van der Waals surface area contributed by atoms with Crippen LogP contribution in [-0.4, -0.2) is 11.7 Å². The lowest BCUT2D eigenvalue weighted by Gasteiger charge is -2.06. The maximum Gasteiger partial charge on any atom is 0.234 e. The summed E-state index contributed by atoms with van der Waals surface area (Å²) in [5.74, 6) is -1.55. The minimum Gasteiger partial charge on any atom is -0.399 e. The van der Waals surface area contributed by atoms with Crippen LogP contribution in [0.2, 0.25) is 0 Å². The second kappa shape index (κ2) is 6.38. The molecule has 6 heteroatoms. The fourth-order valence-corrected chi connectivity index (χ4v) is 2.22. The highest BCUT2D eigenvalue weighted by Gasteiger charge is 2.08. The van der Waals surface area contributed by atoms with Crippen molar-refractivity contribution < 1.29 is 13.6 Å². The lowest BCUT2D eigenvalue weighted by Crippen LogP contribution is -2.14. The van der Waals surface area contributed by atoms with Crippen LogP contribution in [0.4, 0.5) is 20.2 Å². The molecule has 0 aromatic heterocycles. The standard InChI is InChI=1S/C14H12F2N2OS/c15-9-1-6-13(12(16)7-9)20-8-14(19)18-11-4-2-10(17)3-5-11/h1-7H,8,17H2,(H,18,19). The first kappa shape index (κ1) is 14.3. The molecule has 2 aromatic rings. The molecule has 3 N–H and O–H groups in total. The van der Waals surface area contributed by atoms with Crippen molar-refractivity contribution in [3.05, 3.63) is 54.1 Å². The molecule has 0 fully saturated rings. The van der Waals surface area contributed by atoms with Gasteiger partial charge in [-0.1, -0.05) is 0 Å². The number of benzene rings is 2. The predicted octanol–water partition coefficient (Wildman–Crippen LogP) is 3.28. The van der Waals surface area contributed by atoms with Crippen LogP contribution in [0, 0.1) is 11.6 Å². The molecule has 0 aliphatic rings. The van der Waals surface area contributed by atoms with E-state index in [9.17, 15) is 13.6 Å². The molecule has 0 aliphatic carbocycles. The fraction of sp³-hybridized carbons (Fsp3) is 0.0714. The summed E-state index contributed by atoms with van der Waals surface area (Å²) in [6, 6.07) is 9.95. The van der Waals surface area contributed by atoms with Crippen molar-refractivity contribution >= 4 is 29.0 Å². The average Bonchev–Trinajstić information content (AvgIpc) is 2.40. The van der Waals surface area contributed by atoms with Gasteiger partial charge in [0, 0.05) is 22.3 Å². The van der Waals surface area contributed by atoms with Crippen LogP contribution >= 0.6 is 11.8 Å². The Morgan fingerprint density at radius 2 is 1.85 bits per heavy atom. The van der Waals surface area contributed by atoms with E-state index in [4.69, 9.17) is 5.73 Å². The highest BCUT2D eigenvalue weighted by molar-refractivity contribution is 8.00. The number of anilines is 2. The number of hydrogen-bond donors (Lipinski definition) is 2. The largest absolute Gasteiger partial charge is 0.399 e. The number of nitrogens with one attached hydrogen (secondary N) is 1. The Balaban J connectivity index is 1.90. The zero-order chi connectivity index (χ0) is 14.5. The van der Waals surface area contributed by atoms with Crippen molar-refractivity contribution in [3.8, 4) is 0 Å². The molecule has 1 amide bonds. The summed E-state index contributed by atoms with van der Waals surface area (Å²) < 4.78 is 26.1. The Morgan fingerprint density at radius 1 is 1.15 bits per heavy atom. The second-order valence-electron chi connectivity index (χ2n) is 4.03. The van der Waals surface area contributed by atoms with Crippen LogP contribution in [0.1, 0.15) is 0 Å². The monoisotopic (exact) mass is 294 g/mol. The van der Waals surface area contributed by atoms with Gasteiger partial charge in [0.15, 0.2) is 0 Å². The number of halogens is 2. The normalized spacial score (nSPS) is 10.3. The van der Waals surface area contributed by atoms with Gasteiger partial charge in [-0.3, -0.25) is 4.79 Å². The Kier molecular flexibility index (Phi) is 4.57.